The Hall–Kier alpha value is -4.57. The molecule has 0 radical (unpaired) electrons. The van der Waals surface area contributed by atoms with Gasteiger partial charge in [0.1, 0.15) is 16.9 Å². The van der Waals surface area contributed by atoms with Crippen molar-refractivity contribution in [2.45, 2.75) is 39.7 Å². The molecule has 0 unspecified atom stereocenters. The predicted octanol–water partition coefficient (Wildman–Crippen LogP) is 3.41. The molecule has 41 heavy (non-hydrogen) atoms. The molecule has 0 aliphatic carbocycles. The molecule has 9 nitrogen and oxygen atoms in total. The Balaban J connectivity index is 1.73. The number of amides is 1. The number of ether oxygens (including phenoxy) is 2. The van der Waals surface area contributed by atoms with Gasteiger partial charge < -0.3 is 14.4 Å². The van der Waals surface area contributed by atoms with E-state index in [4.69, 9.17) is 9.47 Å². The number of benzene rings is 2. The van der Waals surface area contributed by atoms with Crippen molar-refractivity contribution in [2.24, 2.45) is 4.99 Å². The van der Waals surface area contributed by atoms with Crippen LogP contribution in [0.2, 0.25) is 0 Å². The Morgan fingerprint density at radius 1 is 1.12 bits per heavy atom. The van der Waals surface area contributed by atoms with E-state index in [9.17, 15) is 19.2 Å². The topological polar surface area (TPSA) is 107 Å². The fourth-order valence-corrected chi connectivity index (χ4v) is 6.22. The van der Waals surface area contributed by atoms with E-state index in [0.717, 1.165) is 29.9 Å². The van der Waals surface area contributed by atoms with Crippen LogP contribution in [0.5, 0.6) is 5.75 Å². The van der Waals surface area contributed by atoms with E-state index in [1.807, 2.05) is 24.3 Å². The maximum absolute atomic E-state index is 14.2. The summed E-state index contributed by atoms with van der Waals surface area (Å²) in [5, 5.41) is 0. The number of para-hydroxylation sites is 1. The van der Waals surface area contributed by atoms with Crippen LogP contribution in [0.4, 0.5) is 5.69 Å². The van der Waals surface area contributed by atoms with Crippen LogP contribution in [0.15, 0.2) is 82.2 Å². The lowest BCUT2D eigenvalue weighted by Gasteiger charge is -2.24. The molecule has 1 atom stereocenters. The molecule has 2 aromatic carbocycles. The number of rotatable bonds is 8. The zero-order valence-corrected chi connectivity index (χ0v) is 23.8. The van der Waals surface area contributed by atoms with Gasteiger partial charge in [-0.3, -0.25) is 19.0 Å². The average Bonchev–Trinajstić information content (AvgIpc) is 3.41. The first-order valence-electron chi connectivity index (χ1n) is 13.3. The van der Waals surface area contributed by atoms with Crippen LogP contribution in [-0.2, 0) is 19.1 Å². The van der Waals surface area contributed by atoms with Crippen molar-refractivity contribution in [1.82, 2.24) is 4.57 Å². The van der Waals surface area contributed by atoms with Gasteiger partial charge in [0.05, 0.1) is 28.6 Å². The van der Waals surface area contributed by atoms with E-state index in [1.54, 1.807) is 36.1 Å². The summed E-state index contributed by atoms with van der Waals surface area (Å²) in [6.07, 6.45) is 3.21. The Labute approximate surface area is 240 Å². The van der Waals surface area contributed by atoms with Crippen LogP contribution in [0.3, 0.4) is 0 Å². The number of thiazole rings is 1. The fraction of sp³-hybridized carbons (Fsp3) is 0.258. The minimum absolute atomic E-state index is 0.0127. The molecule has 5 rings (SSSR count). The number of allylic oxidation sites excluding steroid dienone is 1. The van der Waals surface area contributed by atoms with Crippen molar-refractivity contribution in [1.29, 1.82) is 0 Å². The van der Waals surface area contributed by atoms with Crippen molar-refractivity contribution in [2.75, 3.05) is 18.1 Å². The summed E-state index contributed by atoms with van der Waals surface area (Å²) >= 11 is 1.13. The number of esters is 2. The third-order valence-electron chi connectivity index (χ3n) is 6.89. The van der Waals surface area contributed by atoms with Gasteiger partial charge in [-0.15, -0.1) is 0 Å². The molecular weight excluding hydrogens is 542 g/mol. The molecule has 0 saturated carbocycles. The number of hydrogen-bond acceptors (Lipinski definition) is 8. The van der Waals surface area contributed by atoms with Gasteiger partial charge >= 0.3 is 11.9 Å². The fourth-order valence-electron chi connectivity index (χ4n) is 5.08. The van der Waals surface area contributed by atoms with E-state index < -0.39 is 23.5 Å². The first kappa shape index (κ1) is 28.0. The highest BCUT2D eigenvalue weighted by molar-refractivity contribution is 7.07. The number of hydrogen-bond donors (Lipinski definition) is 0. The van der Waals surface area contributed by atoms with Crippen molar-refractivity contribution in [3.63, 3.8) is 0 Å². The summed E-state index contributed by atoms with van der Waals surface area (Å²) in [5.41, 5.74) is 2.55. The summed E-state index contributed by atoms with van der Waals surface area (Å²) in [6.45, 7) is 9.19. The number of anilines is 1. The van der Waals surface area contributed by atoms with Crippen LogP contribution in [0.1, 0.15) is 50.8 Å². The summed E-state index contributed by atoms with van der Waals surface area (Å²) in [4.78, 5) is 59.4. The number of carbonyl (C=O) groups is 3. The molecule has 210 valence electrons. The Kier molecular flexibility index (Phi) is 7.85. The van der Waals surface area contributed by atoms with Gasteiger partial charge in [0.2, 0.25) is 0 Å². The molecule has 0 N–H and O–H groups in total. The van der Waals surface area contributed by atoms with E-state index in [1.165, 1.54) is 17.6 Å². The second-order valence-electron chi connectivity index (χ2n) is 9.65. The van der Waals surface area contributed by atoms with Crippen LogP contribution < -0.4 is 24.5 Å². The standard InChI is InChI=1S/C31H29N3O6S/c1-5-7-16-33-23-11-9-8-10-22(23)25(28(33)36)27-29(37)34-26(20-12-14-21(15-13-20)40-19(4)35)24(30(38)39-17-6-2)18(3)32-31(34)41-27/h6,8-15,26H,2,5,7,16-17H2,1,3-4H3/b27-25+/t26-/m1/s1. The van der Waals surface area contributed by atoms with Crippen molar-refractivity contribution >= 4 is 40.4 Å². The highest BCUT2D eigenvalue weighted by atomic mass is 32.1. The van der Waals surface area contributed by atoms with E-state index >= 15 is 0 Å². The molecule has 0 bridgehead atoms. The number of nitrogens with zero attached hydrogens (tertiary/aromatic N) is 3. The number of carbonyl (C=O) groups excluding carboxylic acids is 3. The first-order chi connectivity index (χ1) is 19.8. The summed E-state index contributed by atoms with van der Waals surface area (Å²) in [6, 6.07) is 13.1. The minimum Gasteiger partial charge on any atom is -0.458 e. The molecule has 2 aliphatic rings. The Bertz CT molecular complexity index is 1780. The van der Waals surface area contributed by atoms with E-state index in [0.29, 0.717) is 39.5 Å². The van der Waals surface area contributed by atoms with Gasteiger partial charge in [0, 0.05) is 19.0 Å². The summed E-state index contributed by atoms with van der Waals surface area (Å²) < 4.78 is 12.3. The third kappa shape index (κ3) is 5.06. The molecule has 1 amide bonds. The van der Waals surface area contributed by atoms with Crippen molar-refractivity contribution in [3.05, 3.63) is 103 Å². The van der Waals surface area contributed by atoms with Crippen molar-refractivity contribution in [3.8, 4) is 5.75 Å². The smallest absolute Gasteiger partial charge is 0.338 e. The van der Waals surface area contributed by atoms with Gasteiger partial charge in [-0.1, -0.05) is 67.7 Å². The maximum atomic E-state index is 14.2. The second-order valence-corrected chi connectivity index (χ2v) is 10.6. The second kappa shape index (κ2) is 11.5. The third-order valence-corrected chi connectivity index (χ3v) is 7.95. The average molecular weight is 572 g/mol. The lowest BCUT2D eigenvalue weighted by Crippen LogP contribution is -2.41. The molecule has 0 saturated heterocycles. The minimum atomic E-state index is -0.882. The number of unbranched alkanes of at least 4 members (excludes halogenated alkanes) is 1. The highest BCUT2D eigenvalue weighted by Crippen LogP contribution is 2.36. The summed E-state index contributed by atoms with van der Waals surface area (Å²) in [7, 11) is 0. The Morgan fingerprint density at radius 2 is 1.85 bits per heavy atom. The zero-order chi connectivity index (χ0) is 29.3. The van der Waals surface area contributed by atoms with Crippen LogP contribution >= 0.6 is 11.3 Å². The molecular formula is C31H29N3O6S. The summed E-state index contributed by atoms with van der Waals surface area (Å²) in [5.74, 6) is -1.00. The molecule has 3 heterocycles. The maximum Gasteiger partial charge on any atom is 0.338 e. The van der Waals surface area contributed by atoms with E-state index in [2.05, 4.69) is 18.5 Å². The predicted molar refractivity (Wildman–Crippen MR) is 155 cm³/mol. The molecule has 3 aromatic rings. The van der Waals surface area contributed by atoms with Gasteiger partial charge in [-0.2, -0.15) is 0 Å². The monoisotopic (exact) mass is 571 g/mol. The molecule has 10 heteroatoms. The van der Waals surface area contributed by atoms with Crippen LogP contribution in [-0.4, -0.2) is 35.6 Å². The molecule has 0 fully saturated rings. The first-order valence-corrected chi connectivity index (χ1v) is 14.1. The van der Waals surface area contributed by atoms with E-state index in [-0.39, 0.29) is 22.6 Å². The molecule has 2 aliphatic heterocycles. The molecule has 1 aromatic heterocycles. The van der Waals surface area contributed by atoms with Gasteiger partial charge in [0.25, 0.3) is 11.5 Å². The van der Waals surface area contributed by atoms with Gasteiger partial charge in [-0.25, -0.2) is 9.79 Å². The largest absolute Gasteiger partial charge is 0.458 e. The molecule has 0 spiro atoms. The Morgan fingerprint density at radius 3 is 2.54 bits per heavy atom. The van der Waals surface area contributed by atoms with Gasteiger partial charge in [-0.05, 0) is 37.1 Å². The number of aromatic nitrogens is 1. The lowest BCUT2D eigenvalue weighted by atomic mass is 9.96. The lowest BCUT2D eigenvalue weighted by molar-refractivity contribution is -0.138. The van der Waals surface area contributed by atoms with Crippen LogP contribution in [0.25, 0.3) is 5.57 Å². The zero-order valence-electron chi connectivity index (χ0n) is 23.0. The van der Waals surface area contributed by atoms with Crippen molar-refractivity contribution < 1.29 is 23.9 Å². The highest BCUT2D eigenvalue weighted by Gasteiger charge is 2.37. The normalized spacial score (nSPS) is 17.1. The quantitative estimate of drug-likeness (QED) is 0.233. The van der Waals surface area contributed by atoms with Crippen LogP contribution in [0, 0.1) is 0 Å². The van der Waals surface area contributed by atoms with Gasteiger partial charge in [0.15, 0.2) is 4.80 Å². The number of fused-ring (bicyclic) bond motifs is 2. The SMILES string of the molecule is C=CCOC(=O)C1=C(C)N=c2s/c(=C3/C(=O)N(CCCC)c4ccccc43)c(=O)n2[C@@H]1c1ccc(OC(C)=O)cc1.